The summed E-state index contributed by atoms with van der Waals surface area (Å²) in [5.41, 5.74) is 5.51. The molecule has 1 heterocycles. The molecule has 35 heavy (non-hydrogen) atoms. The second-order valence-electron chi connectivity index (χ2n) is 10.5. The molecule has 5 rings (SSSR count). The van der Waals surface area contributed by atoms with Gasteiger partial charge in [0.2, 0.25) is 0 Å². The fourth-order valence-electron chi connectivity index (χ4n) is 6.21. The van der Waals surface area contributed by atoms with Gasteiger partial charge in [0.05, 0.1) is 0 Å². The molecule has 0 bridgehead atoms. The van der Waals surface area contributed by atoms with Crippen LogP contribution < -0.4 is 0 Å². The average molecular weight is 473 g/mol. The average Bonchev–Trinajstić information content (AvgIpc) is 2.88. The lowest BCUT2D eigenvalue weighted by atomic mass is 9.72. The Hall–Kier alpha value is -2.56. The molecule has 2 atom stereocenters. The summed E-state index contributed by atoms with van der Waals surface area (Å²) in [5.74, 6) is 0.831. The highest BCUT2D eigenvalue weighted by atomic mass is 16.3. The van der Waals surface area contributed by atoms with E-state index in [0.717, 1.165) is 44.8 Å². The fraction of sp³-hybridized carbons (Fsp3) is 0.484. The molecule has 4 nitrogen and oxygen atoms in total. The third-order valence-corrected chi connectivity index (χ3v) is 8.43. The smallest absolute Gasteiger partial charge is 0.115 e. The Morgan fingerprint density at radius 1 is 0.829 bits per heavy atom. The van der Waals surface area contributed by atoms with E-state index in [4.69, 9.17) is 0 Å². The van der Waals surface area contributed by atoms with Crippen LogP contribution in [-0.4, -0.2) is 58.8 Å². The number of phenols is 1. The minimum Gasteiger partial charge on any atom is -0.508 e. The van der Waals surface area contributed by atoms with E-state index in [1.54, 1.807) is 0 Å². The van der Waals surface area contributed by atoms with Crippen LogP contribution in [0.15, 0.2) is 78.0 Å². The molecule has 2 aromatic rings. The maximum absolute atomic E-state index is 9.93. The Kier molecular flexibility index (Phi) is 7.90. The van der Waals surface area contributed by atoms with Gasteiger partial charge in [0, 0.05) is 50.4 Å². The fourth-order valence-corrected chi connectivity index (χ4v) is 6.21. The Labute approximate surface area is 210 Å². The molecule has 1 saturated carbocycles. The Bertz CT molecular complexity index is 1000. The van der Waals surface area contributed by atoms with Crippen LogP contribution in [0.2, 0.25) is 0 Å². The first-order valence-corrected chi connectivity index (χ1v) is 13.6. The zero-order chi connectivity index (χ0) is 24.0. The third kappa shape index (κ3) is 5.65. The lowest BCUT2D eigenvalue weighted by molar-refractivity contribution is 0.0732. The number of aromatic hydroxyl groups is 1. The van der Waals surface area contributed by atoms with E-state index in [2.05, 4.69) is 64.4 Å². The van der Waals surface area contributed by atoms with Crippen LogP contribution in [0.4, 0.5) is 0 Å². The van der Waals surface area contributed by atoms with Crippen LogP contribution in [0.1, 0.15) is 67.9 Å². The first-order valence-electron chi connectivity index (χ1n) is 13.6. The van der Waals surface area contributed by atoms with Gasteiger partial charge in [0.15, 0.2) is 0 Å². The van der Waals surface area contributed by atoms with E-state index < -0.39 is 0 Å². The van der Waals surface area contributed by atoms with Gasteiger partial charge in [-0.15, -0.1) is 0 Å². The van der Waals surface area contributed by atoms with Crippen molar-refractivity contribution < 1.29 is 10.2 Å². The molecule has 0 amide bonds. The number of phenolic OH excluding ortho intramolecular Hbond substituents is 1. The molecular weight excluding hydrogens is 432 g/mol. The summed E-state index contributed by atoms with van der Waals surface area (Å²) in [6.45, 7) is 4.91. The minimum atomic E-state index is 0.210. The van der Waals surface area contributed by atoms with E-state index in [0.29, 0.717) is 11.7 Å². The summed E-state index contributed by atoms with van der Waals surface area (Å²) in [7, 11) is 0. The number of nitrogens with zero attached hydrogens (tertiary/aromatic N) is 2. The first kappa shape index (κ1) is 24.1. The van der Waals surface area contributed by atoms with Crippen LogP contribution in [0, 0.1) is 0 Å². The monoisotopic (exact) mass is 472 g/mol. The Morgan fingerprint density at radius 2 is 1.57 bits per heavy atom. The van der Waals surface area contributed by atoms with Crippen molar-refractivity contribution in [3.05, 3.63) is 89.1 Å². The van der Waals surface area contributed by atoms with Gasteiger partial charge >= 0.3 is 0 Å². The van der Waals surface area contributed by atoms with Crippen LogP contribution in [0.5, 0.6) is 5.75 Å². The number of hydrogen-bond acceptors (Lipinski definition) is 4. The molecule has 1 saturated heterocycles. The van der Waals surface area contributed by atoms with Gasteiger partial charge in [-0.3, -0.25) is 4.90 Å². The Balaban J connectivity index is 1.39. The minimum absolute atomic E-state index is 0.210. The van der Waals surface area contributed by atoms with Crippen molar-refractivity contribution in [2.75, 3.05) is 32.8 Å². The van der Waals surface area contributed by atoms with Crippen LogP contribution in [0.3, 0.4) is 0 Å². The second-order valence-corrected chi connectivity index (χ2v) is 10.5. The van der Waals surface area contributed by atoms with Crippen molar-refractivity contribution in [3.63, 3.8) is 0 Å². The summed E-state index contributed by atoms with van der Waals surface area (Å²) in [5, 5.41) is 19.6. The molecule has 0 spiro atoms. The number of piperazine rings is 1. The predicted molar refractivity (Wildman–Crippen MR) is 143 cm³/mol. The molecule has 0 aromatic heterocycles. The van der Waals surface area contributed by atoms with Gasteiger partial charge in [-0.25, -0.2) is 0 Å². The zero-order valence-corrected chi connectivity index (χ0v) is 20.9. The molecule has 2 N–H and O–H groups in total. The molecule has 2 aromatic carbocycles. The molecule has 1 aliphatic heterocycles. The van der Waals surface area contributed by atoms with Crippen molar-refractivity contribution in [1.82, 2.24) is 9.80 Å². The summed E-state index contributed by atoms with van der Waals surface area (Å²) in [6.07, 6.45) is 12.8. The van der Waals surface area contributed by atoms with Crippen molar-refractivity contribution in [1.29, 1.82) is 0 Å². The standard InChI is InChI=1S/C31H40N2O2/c34-23-5-10-30(24-6-2-1-3-7-24)31(26-13-17-29(35)18-14-26)25-11-15-28(16-12-25)33-21-19-32(20-22-33)27-8-4-9-27/h1-3,6-7,11,13-15,17-18,27,30-31,34-35H,4-5,8-10,12,16,19-23H2. The van der Waals surface area contributed by atoms with Gasteiger partial charge < -0.3 is 15.1 Å². The Morgan fingerprint density at radius 3 is 2.17 bits per heavy atom. The van der Waals surface area contributed by atoms with Crippen molar-refractivity contribution in [2.24, 2.45) is 0 Å². The lowest BCUT2D eigenvalue weighted by Crippen LogP contribution is -2.51. The molecule has 0 radical (unpaired) electrons. The number of aliphatic hydroxyl groups is 1. The van der Waals surface area contributed by atoms with Crippen molar-refractivity contribution in [2.45, 2.75) is 62.8 Å². The van der Waals surface area contributed by atoms with Gasteiger partial charge in [-0.2, -0.15) is 0 Å². The highest BCUT2D eigenvalue weighted by Crippen LogP contribution is 2.45. The van der Waals surface area contributed by atoms with Gasteiger partial charge in [-0.1, -0.05) is 60.5 Å². The summed E-state index contributed by atoms with van der Waals surface area (Å²) >= 11 is 0. The zero-order valence-electron chi connectivity index (χ0n) is 20.9. The molecule has 186 valence electrons. The van der Waals surface area contributed by atoms with Crippen molar-refractivity contribution >= 4 is 0 Å². The second kappa shape index (κ2) is 11.5. The summed E-state index contributed by atoms with van der Waals surface area (Å²) in [4.78, 5) is 5.32. The number of rotatable bonds is 9. The van der Waals surface area contributed by atoms with E-state index in [-0.39, 0.29) is 12.5 Å². The summed E-state index contributed by atoms with van der Waals surface area (Å²) < 4.78 is 0. The molecule has 3 aliphatic rings. The maximum atomic E-state index is 9.93. The molecule has 2 aliphatic carbocycles. The lowest BCUT2D eigenvalue weighted by Gasteiger charge is -2.44. The molecule has 2 fully saturated rings. The predicted octanol–water partition coefficient (Wildman–Crippen LogP) is 5.81. The van der Waals surface area contributed by atoms with Gasteiger partial charge in [-0.05, 0) is 73.8 Å². The SMILES string of the molecule is OCCCC(c1ccccc1)C(C1=CC=C(N2CCN(C3CCC3)CC2)CC1)c1ccc(O)cc1. The van der Waals surface area contributed by atoms with E-state index in [9.17, 15) is 10.2 Å². The number of aliphatic hydroxyl groups excluding tert-OH is 1. The topological polar surface area (TPSA) is 46.9 Å². The molecule has 4 heteroatoms. The quantitative estimate of drug-likeness (QED) is 0.484. The summed E-state index contributed by atoms with van der Waals surface area (Å²) in [6, 6.07) is 19.4. The van der Waals surface area contributed by atoms with E-state index >= 15 is 0 Å². The van der Waals surface area contributed by atoms with Crippen LogP contribution in [-0.2, 0) is 0 Å². The van der Waals surface area contributed by atoms with Crippen LogP contribution >= 0.6 is 0 Å². The molecule has 2 unspecified atom stereocenters. The van der Waals surface area contributed by atoms with Gasteiger partial charge in [0.1, 0.15) is 5.75 Å². The normalized spacial score (nSPS) is 21.1. The van der Waals surface area contributed by atoms with Crippen LogP contribution in [0.25, 0.3) is 0 Å². The largest absolute Gasteiger partial charge is 0.508 e. The maximum Gasteiger partial charge on any atom is 0.115 e. The highest BCUT2D eigenvalue weighted by Gasteiger charge is 2.31. The van der Waals surface area contributed by atoms with Gasteiger partial charge in [0.25, 0.3) is 0 Å². The number of benzene rings is 2. The van der Waals surface area contributed by atoms with E-state index in [1.165, 1.54) is 54.7 Å². The first-order chi connectivity index (χ1) is 17.2. The number of hydrogen-bond donors (Lipinski definition) is 2. The number of allylic oxidation sites excluding steroid dienone is 4. The highest BCUT2D eigenvalue weighted by molar-refractivity contribution is 5.41. The van der Waals surface area contributed by atoms with Crippen molar-refractivity contribution in [3.8, 4) is 5.75 Å². The third-order valence-electron chi connectivity index (χ3n) is 8.43. The molecular formula is C31H40N2O2. The van der Waals surface area contributed by atoms with E-state index in [1.807, 2.05) is 12.1 Å².